The number of likely N-dealkylation sites (N-methyl/N-ethyl adjacent to an activating group) is 1. The molecule has 302 valence electrons. The average molecular weight is 746 g/mol. The lowest BCUT2D eigenvalue weighted by Gasteiger charge is -2.28. The molecule has 0 radical (unpaired) electrons. The topological polar surface area (TPSA) is 111 Å². The molecule has 9 nitrogen and oxygen atoms in total. The van der Waals surface area contributed by atoms with Crippen LogP contribution in [0.5, 0.6) is 0 Å². The number of hydrogen-bond donors (Lipinski definition) is 0. The minimum Gasteiger partial charge on any atom is -0.756 e. The summed E-state index contributed by atoms with van der Waals surface area (Å²) in [7, 11) is 1.17. The molecule has 0 saturated heterocycles. The Bertz CT molecular complexity index is 891. The van der Waals surface area contributed by atoms with E-state index in [1.165, 1.54) is 109 Å². The Morgan fingerprint density at radius 2 is 1.00 bits per heavy atom. The number of ether oxygens (including phenoxy) is 2. The number of carbonyl (C=O) groups is 2. The molecular formula is C41H80NO8P. The van der Waals surface area contributed by atoms with Gasteiger partial charge in [-0.25, -0.2) is 0 Å². The zero-order valence-electron chi connectivity index (χ0n) is 33.8. The highest BCUT2D eigenvalue weighted by atomic mass is 31.2. The molecule has 2 unspecified atom stereocenters. The van der Waals surface area contributed by atoms with Crippen molar-refractivity contribution in [3.63, 3.8) is 0 Å². The molecule has 2 atom stereocenters. The van der Waals surface area contributed by atoms with Crippen LogP contribution < -0.4 is 4.89 Å². The van der Waals surface area contributed by atoms with Crippen molar-refractivity contribution in [1.82, 2.24) is 0 Å². The van der Waals surface area contributed by atoms with E-state index in [0.717, 1.165) is 44.9 Å². The molecule has 0 amide bonds. The number of carbonyl (C=O) groups excluding carboxylic acids is 2. The molecule has 0 aliphatic rings. The summed E-state index contributed by atoms with van der Waals surface area (Å²) >= 11 is 0. The number of unbranched alkanes of at least 4 members (excludes halogenated alkanes) is 22. The molecule has 0 aliphatic heterocycles. The largest absolute Gasteiger partial charge is 0.756 e. The van der Waals surface area contributed by atoms with E-state index in [-0.39, 0.29) is 32.0 Å². The molecule has 0 aliphatic carbocycles. The van der Waals surface area contributed by atoms with Crippen LogP contribution >= 0.6 is 7.82 Å². The average Bonchev–Trinajstić information content (AvgIpc) is 3.07. The molecule has 0 aromatic rings. The SMILES string of the molecule is CCCCCCCC/C=C\CCCCCCCCCC(=O)OC(COC(=O)CCCCCCCCCCCC)COP(=O)([O-])OCC[N+](C)(C)C. The summed E-state index contributed by atoms with van der Waals surface area (Å²) in [5.41, 5.74) is 0. The number of quaternary nitrogens is 1. The van der Waals surface area contributed by atoms with E-state index in [4.69, 9.17) is 18.5 Å². The highest BCUT2D eigenvalue weighted by molar-refractivity contribution is 7.45. The van der Waals surface area contributed by atoms with Crippen LogP contribution in [-0.4, -0.2) is 70.0 Å². The molecule has 0 heterocycles. The first-order valence-corrected chi connectivity index (χ1v) is 22.4. The highest BCUT2D eigenvalue weighted by Crippen LogP contribution is 2.38. The number of allylic oxidation sites excluding steroid dienone is 2. The predicted molar refractivity (Wildman–Crippen MR) is 208 cm³/mol. The zero-order chi connectivity index (χ0) is 37.9. The molecule has 10 heteroatoms. The van der Waals surface area contributed by atoms with Gasteiger partial charge < -0.3 is 27.9 Å². The van der Waals surface area contributed by atoms with Gasteiger partial charge in [-0.3, -0.25) is 14.2 Å². The highest BCUT2D eigenvalue weighted by Gasteiger charge is 2.21. The number of nitrogens with zero attached hydrogens (tertiary/aromatic N) is 1. The lowest BCUT2D eigenvalue weighted by Crippen LogP contribution is -2.37. The van der Waals surface area contributed by atoms with Gasteiger partial charge in [-0.1, -0.05) is 148 Å². The molecule has 0 fully saturated rings. The number of hydrogen-bond acceptors (Lipinski definition) is 8. The predicted octanol–water partition coefficient (Wildman–Crippen LogP) is 10.8. The van der Waals surface area contributed by atoms with Crippen molar-refractivity contribution in [2.24, 2.45) is 0 Å². The van der Waals surface area contributed by atoms with Crippen LogP contribution in [0.15, 0.2) is 12.2 Å². The van der Waals surface area contributed by atoms with Crippen LogP contribution in [-0.2, 0) is 32.7 Å². The van der Waals surface area contributed by atoms with E-state index in [0.29, 0.717) is 17.4 Å². The van der Waals surface area contributed by atoms with Gasteiger partial charge in [0.2, 0.25) is 0 Å². The quantitative estimate of drug-likeness (QED) is 0.0202. The van der Waals surface area contributed by atoms with Crippen LogP contribution in [0.25, 0.3) is 0 Å². The van der Waals surface area contributed by atoms with Crippen molar-refractivity contribution in [3.8, 4) is 0 Å². The third-order valence-corrected chi connectivity index (χ3v) is 10.00. The molecule has 0 saturated carbocycles. The van der Waals surface area contributed by atoms with Gasteiger partial charge in [0.25, 0.3) is 7.82 Å². The molecule has 0 spiro atoms. The Balaban J connectivity index is 4.35. The third kappa shape index (κ3) is 38.3. The van der Waals surface area contributed by atoms with Gasteiger partial charge in [-0.05, 0) is 38.5 Å². The molecule has 0 rings (SSSR count). The Kier molecular flexibility index (Phi) is 33.7. The van der Waals surface area contributed by atoms with Gasteiger partial charge in [0.15, 0.2) is 6.10 Å². The second-order valence-corrected chi connectivity index (χ2v) is 16.8. The fourth-order valence-corrected chi connectivity index (χ4v) is 6.44. The molecule has 0 aromatic heterocycles. The molecule has 51 heavy (non-hydrogen) atoms. The second-order valence-electron chi connectivity index (χ2n) is 15.4. The van der Waals surface area contributed by atoms with Crippen LogP contribution in [0.3, 0.4) is 0 Å². The van der Waals surface area contributed by atoms with E-state index in [2.05, 4.69) is 26.0 Å². The number of esters is 2. The monoisotopic (exact) mass is 746 g/mol. The van der Waals surface area contributed by atoms with Crippen molar-refractivity contribution in [3.05, 3.63) is 12.2 Å². The fourth-order valence-electron chi connectivity index (χ4n) is 5.71. The van der Waals surface area contributed by atoms with Crippen molar-refractivity contribution in [2.75, 3.05) is 47.5 Å². The van der Waals surface area contributed by atoms with Gasteiger partial charge in [0.1, 0.15) is 19.8 Å². The maximum absolute atomic E-state index is 12.6. The smallest absolute Gasteiger partial charge is 0.306 e. The van der Waals surface area contributed by atoms with E-state index in [1.54, 1.807) is 0 Å². The van der Waals surface area contributed by atoms with Crippen molar-refractivity contribution >= 4 is 19.8 Å². The van der Waals surface area contributed by atoms with Crippen molar-refractivity contribution < 1.29 is 42.1 Å². The maximum Gasteiger partial charge on any atom is 0.306 e. The zero-order valence-corrected chi connectivity index (χ0v) is 34.7. The Morgan fingerprint density at radius 1 is 0.588 bits per heavy atom. The Morgan fingerprint density at radius 3 is 1.45 bits per heavy atom. The first-order valence-electron chi connectivity index (χ1n) is 20.9. The van der Waals surface area contributed by atoms with Crippen LogP contribution in [0.2, 0.25) is 0 Å². The molecule has 0 bridgehead atoms. The summed E-state index contributed by atoms with van der Waals surface area (Å²) in [5.74, 6) is -0.835. The normalized spacial score (nSPS) is 13.8. The van der Waals surface area contributed by atoms with Crippen molar-refractivity contribution in [2.45, 2.75) is 193 Å². The summed E-state index contributed by atoms with van der Waals surface area (Å²) in [4.78, 5) is 37.4. The standard InChI is InChI=1S/C41H80NO8P/c1-6-8-10-12-14-16-18-19-20-21-22-23-24-26-28-30-32-34-41(44)50-39(38-49-51(45,46)48-36-35-42(3,4)5)37-47-40(43)33-31-29-27-25-17-15-13-11-9-7-2/h19-20,39H,6-18,21-38H2,1-5H3/b20-19-. The van der Waals surface area contributed by atoms with E-state index in [1.807, 2.05) is 21.1 Å². The van der Waals surface area contributed by atoms with E-state index < -0.39 is 26.5 Å². The molecule has 0 aromatic carbocycles. The number of phosphoric acid groups is 1. The summed E-state index contributed by atoms with van der Waals surface area (Å²) in [6.45, 7) is 4.21. The van der Waals surface area contributed by atoms with Gasteiger partial charge >= 0.3 is 11.9 Å². The second kappa shape index (κ2) is 34.5. The van der Waals surface area contributed by atoms with Crippen molar-refractivity contribution in [1.29, 1.82) is 0 Å². The summed E-state index contributed by atoms with van der Waals surface area (Å²) < 4.78 is 33.8. The first-order chi connectivity index (χ1) is 24.5. The minimum absolute atomic E-state index is 0.0288. The lowest BCUT2D eigenvalue weighted by atomic mass is 10.1. The van der Waals surface area contributed by atoms with Gasteiger partial charge in [0.05, 0.1) is 27.7 Å². The van der Waals surface area contributed by atoms with E-state index in [9.17, 15) is 19.0 Å². The van der Waals surface area contributed by atoms with Gasteiger partial charge in [-0.2, -0.15) is 0 Å². The molecular weight excluding hydrogens is 665 g/mol. The molecule has 0 N–H and O–H groups in total. The number of rotatable bonds is 38. The fraction of sp³-hybridized carbons (Fsp3) is 0.902. The summed E-state index contributed by atoms with van der Waals surface area (Å²) in [6.07, 6.45) is 33.8. The van der Waals surface area contributed by atoms with Crippen LogP contribution in [0, 0.1) is 0 Å². The maximum atomic E-state index is 12.6. The van der Waals surface area contributed by atoms with Gasteiger partial charge in [-0.15, -0.1) is 0 Å². The van der Waals surface area contributed by atoms with Crippen LogP contribution in [0.4, 0.5) is 0 Å². The Labute approximate surface area is 314 Å². The minimum atomic E-state index is -4.61. The summed E-state index contributed by atoms with van der Waals surface area (Å²) in [6, 6.07) is 0. The Hall–Kier alpha value is -1.25. The van der Waals surface area contributed by atoms with Crippen LogP contribution in [0.1, 0.15) is 187 Å². The van der Waals surface area contributed by atoms with E-state index >= 15 is 0 Å². The van der Waals surface area contributed by atoms with Gasteiger partial charge in [0, 0.05) is 12.8 Å². The first kappa shape index (κ1) is 49.8. The number of phosphoric ester groups is 1. The third-order valence-electron chi connectivity index (χ3n) is 9.04. The lowest BCUT2D eigenvalue weighted by molar-refractivity contribution is -0.870. The summed E-state index contributed by atoms with van der Waals surface area (Å²) in [5, 5.41) is 0.